The number of sulfonamides is 1. The number of carbonyl (C=O) groups excluding carboxylic acids is 1. The number of rotatable bonds is 7. The van der Waals surface area contributed by atoms with E-state index in [1.165, 1.54) is 28.3 Å². The highest BCUT2D eigenvalue weighted by Crippen LogP contribution is 2.35. The lowest BCUT2D eigenvalue weighted by Gasteiger charge is -2.25. The van der Waals surface area contributed by atoms with Gasteiger partial charge in [-0.3, -0.25) is 0 Å². The van der Waals surface area contributed by atoms with Crippen molar-refractivity contribution in [1.29, 1.82) is 5.26 Å². The molecule has 2 N–H and O–H groups in total. The first-order valence-electron chi connectivity index (χ1n) is 9.03. The maximum Gasteiger partial charge on any atom is 0.348 e. The summed E-state index contributed by atoms with van der Waals surface area (Å²) < 4.78 is 37.0. The fourth-order valence-electron chi connectivity index (χ4n) is 2.79. The van der Waals surface area contributed by atoms with Gasteiger partial charge < -0.3 is 15.2 Å². The van der Waals surface area contributed by atoms with Gasteiger partial charge in [-0.15, -0.1) is 23.1 Å². The molecule has 0 spiro atoms. The fraction of sp³-hybridized carbons (Fsp3) is 0.389. The zero-order chi connectivity index (χ0) is 21.7. The Hall–Kier alpha value is -2.17. The van der Waals surface area contributed by atoms with Gasteiger partial charge in [0, 0.05) is 30.6 Å². The van der Waals surface area contributed by atoms with E-state index < -0.39 is 16.0 Å². The quantitative estimate of drug-likeness (QED) is 0.478. The van der Waals surface area contributed by atoms with Gasteiger partial charge in [0.25, 0.3) is 0 Å². The average molecular weight is 469 g/mol. The van der Waals surface area contributed by atoms with Crippen LogP contribution in [0.2, 0.25) is 0 Å². The van der Waals surface area contributed by atoms with Gasteiger partial charge in [0.15, 0.2) is 0 Å². The first kappa shape index (κ1) is 22.5. The van der Waals surface area contributed by atoms with E-state index in [4.69, 9.17) is 15.2 Å². The molecule has 0 atom stereocenters. The SMILES string of the molecule is CCOC(=O)c1sc(N)c(C#N)c1CSc1ccc(S(=O)(=O)N2CCOCC2)cn1. The van der Waals surface area contributed by atoms with Gasteiger partial charge in [0.1, 0.15) is 20.8 Å². The van der Waals surface area contributed by atoms with Crippen LogP contribution in [0.5, 0.6) is 0 Å². The van der Waals surface area contributed by atoms with Crippen molar-refractivity contribution in [3.63, 3.8) is 0 Å². The summed E-state index contributed by atoms with van der Waals surface area (Å²) in [7, 11) is -3.62. The van der Waals surface area contributed by atoms with Crippen LogP contribution in [-0.4, -0.2) is 56.6 Å². The standard InChI is InChI=1S/C18H20N4O5S3/c1-2-27-18(23)16-14(13(9-19)17(20)29-16)11-28-15-4-3-12(10-21-15)30(24,25)22-5-7-26-8-6-22/h3-4,10H,2,5-8,11,20H2,1H3. The Morgan fingerprint density at radius 1 is 1.43 bits per heavy atom. The van der Waals surface area contributed by atoms with E-state index in [9.17, 15) is 18.5 Å². The number of thioether (sulfide) groups is 1. The van der Waals surface area contributed by atoms with Crippen molar-refractivity contribution in [2.45, 2.75) is 22.6 Å². The molecule has 160 valence electrons. The molecular weight excluding hydrogens is 448 g/mol. The van der Waals surface area contributed by atoms with Crippen LogP contribution in [0, 0.1) is 11.3 Å². The zero-order valence-corrected chi connectivity index (χ0v) is 18.6. The van der Waals surface area contributed by atoms with E-state index >= 15 is 0 Å². The molecule has 2 aromatic heterocycles. The molecule has 0 aromatic carbocycles. The van der Waals surface area contributed by atoms with Crippen molar-refractivity contribution in [3.05, 3.63) is 34.3 Å². The number of hydrogen-bond donors (Lipinski definition) is 1. The summed E-state index contributed by atoms with van der Waals surface area (Å²) in [5.74, 6) is -0.251. The van der Waals surface area contributed by atoms with Crippen LogP contribution in [0.15, 0.2) is 28.3 Å². The third kappa shape index (κ3) is 4.76. The number of nitriles is 1. The summed E-state index contributed by atoms with van der Waals surface area (Å²) >= 11 is 2.30. The van der Waals surface area contributed by atoms with Gasteiger partial charge >= 0.3 is 5.97 Å². The molecule has 3 heterocycles. The summed E-state index contributed by atoms with van der Waals surface area (Å²) in [6.07, 6.45) is 1.31. The molecule has 0 saturated carbocycles. The number of pyridine rings is 1. The minimum atomic E-state index is -3.62. The second-order valence-corrected chi connectivity index (χ2v) is 10.1. The van der Waals surface area contributed by atoms with Gasteiger partial charge in [-0.2, -0.15) is 9.57 Å². The second-order valence-electron chi connectivity index (χ2n) is 6.12. The Balaban J connectivity index is 1.76. The molecule has 1 fully saturated rings. The Labute approximate surface area is 182 Å². The fourth-order valence-corrected chi connectivity index (χ4v) is 6.04. The van der Waals surface area contributed by atoms with E-state index in [1.807, 2.05) is 6.07 Å². The Bertz CT molecular complexity index is 1050. The highest BCUT2D eigenvalue weighted by atomic mass is 32.2. The minimum absolute atomic E-state index is 0.110. The van der Waals surface area contributed by atoms with E-state index in [2.05, 4.69) is 4.98 Å². The summed E-state index contributed by atoms with van der Waals surface area (Å²) in [4.78, 5) is 16.8. The van der Waals surface area contributed by atoms with E-state index in [0.29, 0.717) is 41.8 Å². The molecule has 1 aliphatic rings. The predicted molar refractivity (Wildman–Crippen MR) is 113 cm³/mol. The highest BCUT2D eigenvalue weighted by molar-refractivity contribution is 7.98. The van der Waals surface area contributed by atoms with Crippen LogP contribution in [0.4, 0.5) is 5.00 Å². The lowest BCUT2D eigenvalue weighted by molar-refractivity contribution is 0.0531. The van der Waals surface area contributed by atoms with E-state index in [1.54, 1.807) is 13.0 Å². The normalized spacial score (nSPS) is 14.9. The number of aromatic nitrogens is 1. The number of anilines is 1. The van der Waals surface area contributed by atoms with Crippen molar-refractivity contribution in [2.75, 3.05) is 38.6 Å². The molecule has 2 aromatic rings. The Kier molecular flexibility index (Phi) is 7.32. The first-order valence-corrected chi connectivity index (χ1v) is 12.3. The third-order valence-corrected chi connectivity index (χ3v) is 8.18. The maximum atomic E-state index is 12.7. The van der Waals surface area contributed by atoms with Gasteiger partial charge in [0.2, 0.25) is 10.0 Å². The molecule has 0 unspecified atom stereocenters. The monoisotopic (exact) mass is 468 g/mol. The van der Waals surface area contributed by atoms with Crippen molar-refractivity contribution in [3.8, 4) is 6.07 Å². The van der Waals surface area contributed by atoms with Crippen molar-refractivity contribution >= 4 is 44.1 Å². The summed E-state index contributed by atoms with van der Waals surface area (Å²) in [5.41, 5.74) is 6.62. The molecule has 0 aliphatic carbocycles. The molecule has 1 aliphatic heterocycles. The van der Waals surface area contributed by atoms with Crippen molar-refractivity contribution in [1.82, 2.24) is 9.29 Å². The number of thiophene rings is 1. The Morgan fingerprint density at radius 3 is 2.77 bits per heavy atom. The summed E-state index contributed by atoms with van der Waals surface area (Å²) in [6, 6.07) is 5.13. The molecule has 30 heavy (non-hydrogen) atoms. The number of hydrogen-bond acceptors (Lipinski definition) is 10. The van der Waals surface area contributed by atoms with Crippen molar-refractivity contribution in [2.24, 2.45) is 0 Å². The number of carbonyl (C=O) groups is 1. The largest absolute Gasteiger partial charge is 0.462 e. The molecule has 1 saturated heterocycles. The third-order valence-electron chi connectivity index (χ3n) is 4.29. The molecule has 3 rings (SSSR count). The molecule has 0 radical (unpaired) electrons. The first-order chi connectivity index (χ1) is 14.4. The lowest BCUT2D eigenvalue weighted by Crippen LogP contribution is -2.40. The number of nitrogen functional groups attached to an aromatic ring is 1. The number of nitrogens with two attached hydrogens (primary N) is 1. The minimum Gasteiger partial charge on any atom is -0.462 e. The number of ether oxygens (including phenoxy) is 2. The molecule has 12 heteroatoms. The predicted octanol–water partition coefficient (Wildman–Crippen LogP) is 2.09. The highest BCUT2D eigenvalue weighted by Gasteiger charge is 2.27. The zero-order valence-electron chi connectivity index (χ0n) is 16.2. The molecular formula is C18H20N4O5S3. The number of esters is 1. The van der Waals surface area contributed by atoms with Crippen molar-refractivity contribution < 1.29 is 22.7 Å². The van der Waals surface area contributed by atoms with Crippen LogP contribution >= 0.6 is 23.1 Å². The maximum absolute atomic E-state index is 12.7. The Morgan fingerprint density at radius 2 is 2.17 bits per heavy atom. The topological polar surface area (TPSA) is 136 Å². The van der Waals surface area contributed by atoms with Gasteiger partial charge in [0.05, 0.1) is 30.4 Å². The second kappa shape index (κ2) is 9.76. The lowest BCUT2D eigenvalue weighted by atomic mass is 10.2. The van der Waals surface area contributed by atoms with Gasteiger partial charge in [-0.05, 0) is 19.1 Å². The summed E-state index contributed by atoms with van der Waals surface area (Å²) in [5, 5.41) is 10.2. The van der Waals surface area contributed by atoms with Crippen LogP contribution in [0.25, 0.3) is 0 Å². The van der Waals surface area contributed by atoms with Gasteiger partial charge in [-0.25, -0.2) is 18.2 Å². The molecule has 0 amide bonds. The average Bonchev–Trinajstić information content (AvgIpc) is 3.08. The molecule has 0 bridgehead atoms. The van der Waals surface area contributed by atoms with Crippen LogP contribution < -0.4 is 5.73 Å². The van der Waals surface area contributed by atoms with Crippen LogP contribution in [-0.2, 0) is 25.2 Å². The summed E-state index contributed by atoms with van der Waals surface area (Å²) in [6.45, 7) is 3.28. The van der Waals surface area contributed by atoms with Crippen LogP contribution in [0.1, 0.15) is 27.7 Å². The van der Waals surface area contributed by atoms with E-state index in [0.717, 1.165) is 11.3 Å². The van der Waals surface area contributed by atoms with Gasteiger partial charge in [-0.1, -0.05) is 0 Å². The molecule has 9 nitrogen and oxygen atoms in total. The van der Waals surface area contributed by atoms with E-state index in [-0.39, 0.29) is 27.8 Å². The number of nitrogens with zero attached hydrogens (tertiary/aromatic N) is 3. The smallest absolute Gasteiger partial charge is 0.348 e. The van der Waals surface area contributed by atoms with Crippen LogP contribution in [0.3, 0.4) is 0 Å². The number of morpholine rings is 1.